The number of carbonyl (C=O) groups excluding carboxylic acids is 1. The summed E-state index contributed by atoms with van der Waals surface area (Å²) in [5, 5.41) is 70.2. The first-order chi connectivity index (χ1) is 30.5. The molecule has 11 rings (SSSR count). The van der Waals surface area contributed by atoms with Gasteiger partial charge in [-0.15, -0.1) is 10.2 Å². The van der Waals surface area contributed by atoms with Crippen LogP contribution in [-0.2, 0) is 10.9 Å². The van der Waals surface area contributed by atoms with Crippen molar-refractivity contribution in [3.63, 3.8) is 0 Å². The van der Waals surface area contributed by atoms with Crippen LogP contribution in [0.1, 0.15) is 23.0 Å². The Bertz CT molecular complexity index is 3020. The number of non-ortho nitro benzene ring substituents is 1. The summed E-state index contributed by atoms with van der Waals surface area (Å²) < 4.78 is 41.1. The van der Waals surface area contributed by atoms with Crippen LogP contribution in [0.5, 0.6) is 0 Å². The molecule has 0 saturated carbocycles. The van der Waals surface area contributed by atoms with Crippen LogP contribution in [0.3, 0.4) is 0 Å². The number of ether oxygens (including phenoxy) is 1. The van der Waals surface area contributed by atoms with Crippen molar-refractivity contribution in [1.82, 2.24) is 97.4 Å². The first-order valence-electron chi connectivity index (χ1n) is 17.7. The number of nitrogens with zero attached hydrogens (tertiary/aromatic N) is 14. The number of nitro groups is 1. The number of nitro benzene ring substituents is 1. The summed E-state index contributed by atoms with van der Waals surface area (Å²) >= 11 is 5.69. The van der Waals surface area contributed by atoms with Crippen molar-refractivity contribution in [1.29, 1.82) is 0 Å². The third-order valence-electron chi connectivity index (χ3n) is 7.65. The van der Waals surface area contributed by atoms with Gasteiger partial charge in [0.25, 0.3) is 5.69 Å². The topological polar surface area (TPSA) is 332 Å². The Morgan fingerprint density at radius 3 is 1.70 bits per heavy atom. The highest BCUT2D eigenvalue weighted by Gasteiger charge is 2.30. The minimum atomic E-state index is -4.33. The molecule has 24 nitrogen and oxygen atoms in total. The van der Waals surface area contributed by atoms with Crippen molar-refractivity contribution >= 4 is 78.6 Å². The molecule has 28 heteroatoms. The standard InChI is InChI=1S/C7H4F3N3.C6H4ClN3.C6H4N4O2.C6H5N3.C5H4N4.C5H7N3O2/c8-7(9,10)4-1-2-5-6(3-4)12-13-11-5;7-4-1-2-5-6(3-4)9-10-8-5;11-10(12)4-1-2-5-6(3-4)8-9-7-5;1-2-4-6-5(3-1)7-9-8-6;1-2-4-5(6-3-1)8-9-7-4;1-2-10-5(9)4-3-6-8-7-4/h1-3H,(H,11,12,13);1-3H,(H,8,9,10);1-3H,(H,7,8,9);1-4H,(H,7,8,9);1-3H,(H,6,7,8,9);3H,2H2,1H3,(H,6,7,8). The Kier molecular flexibility index (Phi) is 14.5. The zero-order valence-electron chi connectivity index (χ0n) is 31.9. The number of rotatable bonds is 3. The number of benzene rings is 4. The molecule has 4 aromatic carbocycles. The van der Waals surface area contributed by atoms with E-state index in [1.165, 1.54) is 24.4 Å². The molecule has 0 unspecified atom stereocenters. The summed E-state index contributed by atoms with van der Waals surface area (Å²) in [7, 11) is 0. The number of aromatic amines is 6. The quantitative estimate of drug-likeness (QED) is 0.0699. The van der Waals surface area contributed by atoms with Gasteiger partial charge in [-0.1, -0.05) is 23.7 Å². The molecule has 0 spiro atoms. The third kappa shape index (κ3) is 12.3. The maximum Gasteiger partial charge on any atom is 0.416 e. The number of alkyl halides is 3. The summed E-state index contributed by atoms with van der Waals surface area (Å²) in [5.41, 5.74) is 6.22. The van der Waals surface area contributed by atoms with Gasteiger partial charge >= 0.3 is 12.1 Å². The van der Waals surface area contributed by atoms with E-state index in [9.17, 15) is 28.1 Å². The van der Waals surface area contributed by atoms with Crippen LogP contribution in [0.2, 0.25) is 5.02 Å². The monoisotopic (exact) mass is 884 g/mol. The Morgan fingerprint density at radius 2 is 1.14 bits per heavy atom. The largest absolute Gasteiger partial charge is 0.461 e. The van der Waals surface area contributed by atoms with Crippen LogP contribution in [-0.4, -0.2) is 115 Å². The van der Waals surface area contributed by atoms with E-state index >= 15 is 0 Å². The molecule has 320 valence electrons. The molecular formula is C35H28ClF3N20O4. The number of carbonyl (C=O) groups is 1. The Labute approximate surface area is 352 Å². The van der Waals surface area contributed by atoms with Gasteiger partial charge in [0.2, 0.25) is 5.65 Å². The second-order valence-corrected chi connectivity index (χ2v) is 12.2. The number of para-hydroxylation sites is 2. The molecule has 7 heterocycles. The molecule has 11 aromatic rings. The second-order valence-electron chi connectivity index (χ2n) is 11.8. The lowest BCUT2D eigenvalue weighted by Gasteiger charge is -2.04. The lowest BCUT2D eigenvalue weighted by molar-refractivity contribution is -0.384. The van der Waals surface area contributed by atoms with Gasteiger partial charge in [-0.25, -0.2) is 9.78 Å². The minimum absolute atomic E-state index is 0.0244. The summed E-state index contributed by atoms with van der Waals surface area (Å²) in [4.78, 5) is 24.5. The van der Waals surface area contributed by atoms with Crippen LogP contribution < -0.4 is 0 Å². The van der Waals surface area contributed by atoms with Gasteiger partial charge in [-0.2, -0.15) is 95.4 Å². The van der Waals surface area contributed by atoms with Crippen molar-refractivity contribution in [2.24, 2.45) is 0 Å². The zero-order valence-corrected chi connectivity index (χ0v) is 32.7. The van der Waals surface area contributed by atoms with Crippen LogP contribution in [0, 0.1) is 10.1 Å². The summed E-state index contributed by atoms with van der Waals surface area (Å²) in [6, 6.07) is 24.3. The highest BCUT2D eigenvalue weighted by Crippen LogP contribution is 2.30. The molecule has 0 fully saturated rings. The fourth-order valence-corrected chi connectivity index (χ4v) is 4.92. The smallest absolute Gasteiger partial charge is 0.416 e. The molecule has 0 aliphatic heterocycles. The normalized spacial score (nSPS) is 10.6. The third-order valence-corrected chi connectivity index (χ3v) is 7.88. The van der Waals surface area contributed by atoms with E-state index in [2.05, 4.69) is 102 Å². The van der Waals surface area contributed by atoms with Crippen molar-refractivity contribution in [2.75, 3.05) is 6.61 Å². The van der Waals surface area contributed by atoms with Crippen LogP contribution in [0.4, 0.5) is 18.9 Å². The number of nitrogens with one attached hydrogen (secondary N) is 6. The zero-order chi connectivity index (χ0) is 44.6. The Morgan fingerprint density at radius 1 is 0.635 bits per heavy atom. The van der Waals surface area contributed by atoms with E-state index < -0.39 is 22.6 Å². The number of pyridine rings is 1. The molecule has 0 saturated heterocycles. The number of aromatic nitrogens is 19. The van der Waals surface area contributed by atoms with E-state index in [-0.39, 0.29) is 16.9 Å². The number of esters is 1. The van der Waals surface area contributed by atoms with Gasteiger partial charge < -0.3 is 4.74 Å². The van der Waals surface area contributed by atoms with E-state index in [4.69, 9.17) is 11.6 Å². The molecule has 6 N–H and O–H groups in total. The highest BCUT2D eigenvalue weighted by molar-refractivity contribution is 6.31. The molecule has 7 aromatic heterocycles. The molecule has 0 amide bonds. The van der Waals surface area contributed by atoms with Gasteiger partial charge in [-0.3, -0.25) is 10.1 Å². The van der Waals surface area contributed by atoms with Gasteiger partial charge in [0.05, 0.1) is 23.3 Å². The Balaban J connectivity index is 0.000000126. The van der Waals surface area contributed by atoms with Crippen molar-refractivity contribution in [3.05, 3.63) is 130 Å². The number of H-pyrrole nitrogens is 6. The van der Waals surface area contributed by atoms with E-state index in [1.807, 2.05) is 42.5 Å². The number of hydrogen-bond acceptors (Lipinski definition) is 17. The lowest BCUT2D eigenvalue weighted by Crippen LogP contribution is -2.04. The van der Waals surface area contributed by atoms with Gasteiger partial charge in [0, 0.05) is 23.4 Å². The predicted octanol–water partition coefficient (Wildman–Crippen LogP) is 5.75. The molecule has 63 heavy (non-hydrogen) atoms. The van der Waals surface area contributed by atoms with Gasteiger partial charge in [0.1, 0.15) is 49.7 Å². The first-order valence-corrected chi connectivity index (χ1v) is 18.0. The van der Waals surface area contributed by atoms with Crippen LogP contribution >= 0.6 is 11.6 Å². The fraction of sp³-hybridized carbons (Fsp3) is 0.0857. The van der Waals surface area contributed by atoms with Gasteiger partial charge in [-0.05, 0) is 73.7 Å². The number of fused-ring (bicyclic) bond motifs is 5. The van der Waals surface area contributed by atoms with Crippen LogP contribution in [0.15, 0.2) is 103 Å². The molecule has 0 radical (unpaired) electrons. The summed E-state index contributed by atoms with van der Waals surface area (Å²) in [6.07, 6.45) is -1.32. The maximum atomic E-state index is 12.2. The predicted molar refractivity (Wildman–Crippen MR) is 216 cm³/mol. The lowest BCUT2D eigenvalue weighted by atomic mass is 10.2. The minimum Gasteiger partial charge on any atom is -0.461 e. The van der Waals surface area contributed by atoms with E-state index in [0.717, 1.165) is 39.7 Å². The average molecular weight is 885 g/mol. The second kappa shape index (κ2) is 20.9. The maximum absolute atomic E-state index is 12.2. The summed E-state index contributed by atoms with van der Waals surface area (Å²) in [6.45, 7) is 2.09. The number of hydrogen-bond donors (Lipinski definition) is 6. The molecular weight excluding hydrogens is 857 g/mol. The van der Waals surface area contributed by atoms with Crippen molar-refractivity contribution in [2.45, 2.75) is 13.1 Å². The average Bonchev–Trinajstić information content (AvgIpc) is 4.15. The van der Waals surface area contributed by atoms with Crippen molar-refractivity contribution < 1.29 is 27.6 Å². The number of halogens is 4. The summed E-state index contributed by atoms with van der Waals surface area (Å²) in [5.74, 6) is -0.448. The van der Waals surface area contributed by atoms with E-state index in [0.29, 0.717) is 33.8 Å². The molecule has 0 bridgehead atoms. The van der Waals surface area contributed by atoms with Crippen LogP contribution in [0.25, 0.3) is 55.3 Å². The van der Waals surface area contributed by atoms with Crippen molar-refractivity contribution in [3.8, 4) is 0 Å². The highest BCUT2D eigenvalue weighted by atomic mass is 35.5. The van der Waals surface area contributed by atoms with Gasteiger partial charge in [0.15, 0.2) is 5.69 Å². The van der Waals surface area contributed by atoms with E-state index in [1.54, 1.807) is 31.3 Å². The first kappa shape index (κ1) is 43.7. The fourth-order valence-electron chi connectivity index (χ4n) is 4.75. The molecule has 0 aliphatic carbocycles. The molecule has 0 atom stereocenters. The Hall–Kier alpha value is -8.88. The molecule has 0 aliphatic rings. The SMILES string of the molecule is CCOC(=O)c1cn[nH]n1.Clc1ccc2n[nH]nc2c1.FC(F)(F)c1ccc2n[nH]nc2c1.O=[N+]([O-])c1ccc2n[nH]nc2c1.c1ccc2n[nH]nc2c1.c1cnc2n[nH]nc2c1.